The SMILES string of the molecule is COC(=O)C1=C(C(=O)c2ccccc2)N(C2CCCCC2)C(c2ccccc2)C1C(=O)OC. The average Bonchev–Trinajstić information content (AvgIpc) is 3.25. The van der Waals surface area contributed by atoms with Crippen LogP contribution in [-0.2, 0) is 19.1 Å². The van der Waals surface area contributed by atoms with Gasteiger partial charge in [0.2, 0.25) is 5.78 Å². The number of nitrogens with zero attached hydrogens (tertiary/aromatic N) is 1. The van der Waals surface area contributed by atoms with E-state index in [-0.39, 0.29) is 23.1 Å². The molecule has 2 aromatic carbocycles. The van der Waals surface area contributed by atoms with Crippen LogP contribution in [0.4, 0.5) is 0 Å². The maximum Gasteiger partial charge on any atom is 0.336 e. The van der Waals surface area contributed by atoms with E-state index in [2.05, 4.69) is 0 Å². The lowest BCUT2D eigenvalue weighted by atomic mass is 9.87. The fourth-order valence-corrected chi connectivity index (χ4v) is 5.19. The summed E-state index contributed by atoms with van der Waals surface area (Å²) < 4.78 is 10.3. The molecule has 0 saturated heterocycles. The quantitative estimate of drug-likeness (QED) is 0.480. The fraction of sp³-hybridized carbons (Fsp3) is 0.370. The molecule has 1 fully saturated rings. The van der Waals surface area contributed by atoms with Crippen LogP contribution < -0.4 is 0 Å². The van der Waals surface area contributed by atoms with Crippen molar-refractivity contribution in [2.75, 3.05) is 14.2 Å². The van der Waals surface area contributed by atoms with Crippen LogP contribution in [0.3, 0.4) is 0 Å². The number of hydrogen-bond donors (Lipinski definition) is 0. The maximum absolute atomic E-state index is 13.9. The number of esters is 2. The van der Waals surface area contributed by atoms with Crippen molar-refractivity contribution in [3.63, 3.8) is 0 Å². The van der Waals surface area contributed by atoms with Crippen LogP contribution >= 0.6 is 0 Å². The van der Waals surface area contributed by atoms with Gasteiger partial charge >= 0.3 is 11.9 Å². The minimum Gasteiger partial charge on any atom is -0.468 e. The van der Waals surface area contributed by atoms with Crippen LogP contribution in [0.1, 0.15) is 54.1 Å². The predicted octanol–water partition coefficient (Wildman–Crippen LogP) is 4.48. The van der Waals surface area contributed by atoms with Gasteiger partial charge in [-0.25, -0.2) is 4.79 Å². The van der Waals surface area contributed by atoms with Gasteiger partial charge in [0.15, 0.2) is 0 Å². The number of benzene rings is 2. The van der Waals surface area contributed by atoms with Gasteiger partial charge in [-0.3, -0.25) is 9.59 Å². The minimum absolute atomic E-state index is 0.0286. The number of carbonyl (C=O) groups is 3. The summed E-state index contributed by atoms with van der Waals surface area (Å²) in [5, 5.41) is 0. The lowest BCUT2D eigenvalue weighted by molar-refractivity contribution is -0.148. The molecule has 1 saturated carbocycles. The molecule has 0 radical (unpaired) electrons. The molecule has 0 amide bonds. The lowest BCUT2D eigenvalue weighted by Crippen LogP contribution is -2.40. The number of Topliss-reactive ketones (excluding diaryl/α,β-unsaturated/α-hetero) is 1. The molecule has 4 rings (SSSR count). The lowest BCUT2D eigenvalue weighted by Gasteiger charge is -2.40. The number of rotatable bonds is 6. The predicted molar refractivity (Wildman–Crippen MR) is 123 cm³/mol. The third kappa shape index (κ3) is 4.30. The van der Waals surface area contributed by atoms with Crippen molar-refractivity contribution in [1.82, 2.24) is 4.90 Å². The second kappa shape index (κ2) is 10.0. The highest BCUT2D eigenvalue weighted by atomic mass is 16.5. The Bertz CT molecular complexity index is 1040. The zero-order chi connectivity index (χ0) is 23.4. The minimum atomic E-state index is -0.963. The van der Waals surface area contributed by atoms with E-state index < -0.39 is 23.9 Å². The summed E-state index contributed by atoms with van der Waals surface area (Å²) in [5.41, 5.74) is 1.66. The zero-order valence-corrected chi connectivity index (χ0v) is 19.0. The topological polar surface area (TPSA) is 72.9 Å². The number of carbonyl (C=O) groups excluding carboxylic acids is 3. The van der Waals surface area contributed by atoms with Crippen LogP contribution in [0.15, 0.2) is 71.9 Å². The monoisotopic (exact) mass is 447 g/mol. The molecule has 0 aromatic heterocycles. The van der Waals surface area contributed by atoms with Gasteiger partial charge < -0.3 is 14.4 Å². The molecule has 1 aliphatic heterocycles. The summed E-state index contributed by atoms with van der Waals surface area (Å²) in [6, 6.07) is 17.9. The molecule has 1 aliphatic carbocycles. The molecule has 2 aliphatic rings. The van der Waals surface area contributed by atoms with E-state index >= 15 is 0 Å². The Morgan fingerprint density at radius 1 is 0.818 bits per heavy atom. The van der Waals surface area contributed by atoms with Crippen molar-refractivity contribution >= 4 is 17.7 Å². The molecule has 1 heterocycles. The smallest absolute Gasteiger partial charge is 0.336 e. The largest absolute Gasteiger partial charge is 0.468 e. The van der Waals surface area contributed by atoms with E-state index in [1.807, 2.05) is 41.3 Å². The number of hydrogen-bond acceptors (Lipinski definition) is 6. The zero-order valence-electron chi connectivity index (χ0n) is 19.0. The highest BCUT2D eigenvalue weighted by Crippen LogP contribution is 2.49. The van der Waals surface area contributed by atoms with E-state index in [0.717, 1.165) is 37.7 Å². The molecule has 0 spiro atoms. The van der Waals surface area contributed by atoms with Crippen LogP contribution in [-0.4, -0.2) is 42.9 Å². The summed E-state index contributed by atoms with van der Waals surface area (Å²) in [6.07, 6.45) is 4.97. The normalized spacial score (nSPS) is 21.1. The van der Waals surface area contributed by atoms with E-state index in [1.165, 1.54) is 14.2 Å². The molecule has 33 heavy (non-hydrogen) atoms. The van der Waals surface area contributed by atoms with Crippen molar-refractivity contribution in [1.29, 1.82) is 0 Å². The third-order valence-corrected chi connectivity index (χ3v) is 6.66. The van der Waals surface area contributed by atoms with Gasteiger partial charge in [-0.1, -0.05) is 79.9 Å². The summed E-state index contributed by atoms with van der Waals surface area (Å²) >= 11 is 0. The van der Waals surface area contributed by atoms with Crippen molar-refractivity contribution < 1.29 is 23.9 Å². The Hall–Kier alpha value is -3.41. The Balaban J connectivity index is 1.97. The molecule has 2 unspecified atom stereocenters. The van der Waals surface area contributed by atoms with Gasteiger partial charge in [0.25, 0.3) is 0 Å². The first-order chi connectivity index (χ1) is 16.1. The molecule has 0 N–H and O–H groups in total. The molecule has 2 aromatic rings. The van der Waals surface area contributed by atoms with Crippen molar-refractivity contribution in [2.45, 2.75) is 44.2 Å². The van der Waals surface area contributed by atoms with Crippen LogP contribution in [0.25, 0.3) is 0 Å². The highest BCUT2D eigenvalue weighted by Gasteiger charge is 2.53. The number of methoxy groups -OCH3 is 2. The molecule has 6 heteroatoms. The summed E-state index contributed by atoms with van der Waals surface area (Å²) in [5.74, 6) is -2.48. The number of ketones is 1. The average molecular weight is 448 g/mol. The Morgan fingerprint density at radius 2 is 1.42 bits per heavy atom. The van der Waals surface area contributed by atoms with Gasteiger partial charge in [0, 0.05) is 11.6 Å². The first-order valence-electron chi connectivity index (χ1n) is 11.4. The summed E-state index contributed by atoms with van der Waals surface area (Å²) in [7, 11) is 2.58. The fourth-order valence-electron chi connectivity index (χ4n) is 5.19. The second-order valence-corrected chi connectivity index (χ2v) is 8.50. The molecule has 0 bridgehead atoms. The molecular formula is C27H29NO5. The molecule has 6 nitrogen and oxygen atoms in total. The van der Waals surface area contributed by atoms with Crippen LogP contribution in [0.2, 0.25) is 0 Å². The Kier molecular flexibility index (Phi) is 6.92. The van der Waals surface area contributed by atoms with Crippen LogP contribution in [0.5, 0.6) is 0 Å². The van der Waals surface area contributed by atoms with Crippen molar-refractivity contribution in [3.8, 4) is 0 Å². The van der Waals surface area contributed by atoms with E-state index in [9.17, 15) is 14.4 Å². The van der Waals surface area contributed by atoms with Crippen molar-refractivity contribution in [2.24, 2.45) is 5.92 Å². The number of allylic oxidation sites excluding steroid dienone is 1. The summed E-state index contributed by atoms with van der Waals surface area (Å²) in [4.78, 5) is 42.2. The number of ether oxygens (including phenoxy) is 2. The van der Waals surface area contributed by atoms with Gasteiger partial charge in [-0.15, -0.1) is 0 Å². The third-order valence-electron chi connectivity index (χ3n) is 6.66. The van der Waals surface area contributed by atoms with Crippen molar-refractivity contribution in [3.05, 3.63) is 83.1 Å². The molecular weight excluding hydrogens is 418 g/mol. The first kappa shape index (κ1) is 22.8. The maximum atomic E-state index is 13.9. The molecule has 2 atom stereocenters. The first-order valence-corrected chi connectivity index (χ1v) is 11.4. The van der Waals surface area contributed by atoms with Gasteiger partial charge in [0.05, 0.1) is 31.5 Å². The van der Waals surface area contributed by atoms with Crippen LogP contribution in [0, 0.1) is 5.92 Å². The van der Waals surface area contributed by atoms with E-state index in [4.69, 9.17) is 9.47 Å². The molecule has 172 valence electrons. The summed E-state index contributed by atoms with van der Waals surface area (Å²) in [6.45, 7) is 0. The highest BCUT2D eigenvalue weighted by molar-refractivity contribution is 6.14. The van der Waals surface area contributed by atoms with Gasteiger partial charge in [0.1, 0.15) is 5.92 Å². The van der Waals surface area contributed by atoms with E-state index in [1.54, 1.807) is 24.3 Å². The standard InChI is InChI=1S/C27H29NO5/c1-32-26(30)21-22(27(31)33-2)24(25(29)19-14-8-4-9-15-19)28(20-16-10-5-11-17-20)23(21)18-12-6-3-7-13-18/h3-4,6-9,12-15,20-21,23H,5,10-11,16-17H2,1-2H3. The Labute approximate surface area is 194 Å². The van der Waals surface area contributed by atoms with Gasteiger partial charge in [-0.2, -0.15) is 0 Å². The Morgan fingerprint density at radius 3 is 2.00 bits per heavy atom. The van der Waals surface area contributed by atoms with E-state index in [0.29, 0.717) is 5.56 Å². The second-order valence-electron chi connectivity index (χ2n) is 8.50. The van der Waals surface area contributed by atoms with Gasteiger partial charge in [-0.05, 0) is 18.4 Å².